The molecule has 0 saturated carbocycles. The van der Waals surface area contributed by atoms with Crippen LogP contribution < -0.4 is 21.0 Å². The van der Waals surface area contributed by atoms with Crippen LogP contribution in [0.3, 0.4) is 0 Å². The summed E-state index contributed by atoms with van der Waals surface area (Å²) in [6.45, 7) is 7.57. The lowest BCUT2D eigenvalue weighted by Gasteiger charge is -2.45. The maximum Gasteiger partial charge on any atom is 0.408 e. The van der Waals surface area contributed by atoms with E-state index in [4.69, 9.17) is 18.6 Å². The third-order valence-electron chi connectivity index (χ3n) is 7.65. The number of ether oxygens (including phenoxy) is 3. The molecule has 0 fully saturated rings. The van der Waals surface area contributed by atoms with E-state index in [0.29, 0.717) is 0 Å². The Kier molecular flexibility index (Phi) is 12.1. The fraction of sp³-hybridized carbons (Fsp3) is 0.394. The number of alkyl carbamates (subject to hydrolysis) is 1. The summed E-state index contributed by atoms with van der Waals surface area (Å²) in [6.07, 6.45) is -0.834. The number of methoxy groups -OCH3 is 2. The molecule has 0 saturated heterocycles. The first-order valence-corrected chi connectivity index (χ1v) is 16.1. The third kappa shape index (κ3) is 8.30. The predicted octanol–water partition coefficient (Wildman–Crippen LogP) is 3.34. The smallest absolute Gasteiger partial charge is 0.408 e. The van der Waals surface area contributed by atoms with Crippen LogP contribution >= 0.6 is 0 Å². The molecular weight excluding hydrogens is 564 g/mol. The second-order valence-electron chi connectivity index (χ2n) is 11.4. The van der Waals surface area contributed by atoms with Gasteiger partial charge in [0.2, 0.25) is 5.91 Å². The van der Waals surface area contributed by atoms with Crippen molar-refractivity contribution in [3.63, 3.8) is 0 Å². The zero-order valence-electron chi connectivity index (χ0n) is 25.8. The molecule has 0 bridgehead atoms. The molecule has 0 heterocycles. The van der Waals surface area contributed by atoms with Crippen molar-refractivity contribution in [3.8, 4) is 0 Å². The summed E-state index contributed by atoms with van der Waals surface area (Å²) in [5.74, 6) is -1.94. The first-order valence-electron chi connectivity index (χ1n) is 14.2. The Morgan fingerprint density at radius 2 is 1.28 bits per heavy atom. The van der Waals surface area contributed by atoms with E-state index in [1.165, 1.54) is 14.2 Å². The molecule has 3 rings (SSSR count). The second kappa shape index (κ2) is 15.3. The highest BCUT2D eigenvalue weighted by Crippen LogP contribution is 2.37. The maximum absolute atomic E-state index is 13.4. The van der Waals surface area contributed by atoms with Crippen molar-refractivity contribution < 1.29 is 33.3 Å². The largest absolute Gasteiger partial charge is 0.445 e. The Morgan fingerprint density at radius 1 is 0.791 bits per heavy atom. The van der Waals surface area contributed by atoms with Gasteiger partial charge in [-0.25, -0.2) is 4.79 Å². The number of rotatable bonds is 14. The molecule has 0 aliphatic rings. The van der Waals surface area contributed by atoms with E-state index < -0.39 is 44.8 Å². The SMILES string of the molecule is COC(C)(OC)[C@@H](CO[Si](c1ccccc1)(c1ccccc1)C(C)(C)C)NC(=O)[C@@H](CO)NC(=O)OCc1ccccc1. The number of aliphatic hydroxyl groups is 1. The molecule has 2 atom stereocenters. The van der Waals surface area contributed by atoms with Gasteiger partial charge >= 0.3 is 6.09 Å². The number of amides is 2. The zero-order chi connectivity index (χ0) is 31.5. The molecule has 9 nitrogen and oxygen atoms in total. The number of aliphatic hydroxyl groups excluding tert-OH is 1. The van der Waals surface area contributed by atoms with E-state index in [1.54, 1.807) is 6.92 Å². The van der Waals surface area contributed by atoms with Gasteiger partial charge in [-0.15, -0.1) is 0 Å². The standard InChI is InChI=1S/C33H44N2O7Si/c1-32(2,3)43(26-18-12-8-13-19-26,27-20-14-9-15-21-27)42-24-29(33(4,39-5)40-6)35-30(37)28(22-36)34-31(38)41-23-25-16-10-7-11-17-25/h7-21,28-29,36H,22-24H2,1-6H3,(H,34,38)(H,35,37)/t28-,29-/m1/s1. The number of nitrogens with one attached hydrogen (secondary N) is 2. The number of carbonyl (C=O) groups is 2. The van der Waals surface area contributed by atoms with E-state index in [9.17, 15) is 14.7 Å². The first-order chi connectivity index (χ1) is 20.5. The van der Waals surface area contributed by atoms with Crippen LogP contribution in [0, 0.1) is 0 Å². The van der Waals surface area contributed by atoms with E-state index in [1.807, 2.05) is 66.7 Å². The first kappa shape index (κ1) is 34.0. The van der Waals surface area contributed by atoms with Crippen LogP contribution in [0.4, 0.5) is 4.79 Å². The van der Waals surface area contributed by atoms with Crippen molar-refractivity contribution in [2.75, 3.05) is 27.4 Å². The van der Waals surface area contributed by atoms with Crippen LogP contribution in [-0.2, 0) is 30.0 Å². The second-order valence-corrected chi connectivity index (χ2v) is 15.7. The predicted molar refractivity (Wildman–Crippen MR) is 169 cm³/mol. The molecule has 3 aromatic rings. The van der Waals surface area contributed by atoms with Crippen LogP contribution in [0.1, 0.15) is 33.3 Å². The summed E-state index contributed by atoms with van der Waals surface area (Å²) >= 11 is 0. The average Bonchev–Trinajstić information content (AvgIpc) is 3.02. The summed E-state index contributed by atoms with van der Waals surface area (Å²) in [5.41, 5.74) is 0.791. The minimum absolute atomic E-state index is 0.0206. The molecule has 232 valence electrons. The Hall–Kier alpha value is -3.54. The van der Waals surface area contributed by atoms with Crippen molar-refractivity contribution in [3.05, 3.63) is 96.6 Å². The van der Waals surface area contributed by atoms with Crippen LogP contribution in [-0.4, -0.2) is 70.7 Å². The van der Waals surface area contributed by atoms with Gasteiger partial charge < -0.3 is 34.4 Å². The summed E-state index contributed by atoms with van der Waals surface area (Å²) in [4.78, 5) is 25.9. The van der Waals surface area contributed by atoms with Crippen molar-refractivity contribution >= 4 is 30.7 Å². The number of hydrogen-bond donors (Lipinski definition) is 3. The van der Waals surface area contributed by atoms with Gasteiger partial charge in [0.05, 0.1) is 13.2 Å². The van der Waals surface area contributed by atoms with Crippen LogP contribution in [0.15, 0.2) is 91.0 Å². The summed E-state index contributed by atoms with van der Waals surface area (Å²) < 4.78 is 23.7. The highest BCUT2D eigenvalue weighted by Gasteiger charge is 2.51. The summed E-state index contributed by atoms with van der Waals surface area (Å²) in [5, 5.41) is 17.2. The fourth-order valence-corrected chi connectivity index (χ4v) is 9.61. The lowest BCUT2D eigenvalue weighted by molar-refractivity contribution is -0.217. The molecule has 43 heavy (non-hydrogen) atoms. The monoisotopic (exact) mass is 608 g/mol. The molecule has 0 unspecified atom stereocenters. The molecule has 0 aliphatic heterocycles. The molecule has 0 aromatic heterocycles. The highest BCUT2D eigenvalue weighted by molar-refractivity contribution is 6.99. The summed E-state index contributed by atoms with van der Waals surface area (Å²) in [7, 11) is -0.0129. The van der Waals surface area contributed by atoms with E-state index in [2.05, 4.69) is 55.7 Å². The van der Waals surface area contributed by atoms with Crippen molar-refractivity contribution in [1.82, 2.24) is 10.6 Å². The quantitative estimate of drug-likeness (QED) is 0.190. The van der Waals surface area contributed by atoms with Crippen LogP contribution in [0.2, 0.25) is 5.04 Å². The Balaban J connectivity index is 1.87. The molecule has 10 heteroatoms. The van der Waals surface area contributed by atoms with Crippen molar-refractivity contribution in [2.45, 2.75) is 57.2 Å². The minimum atomic E-state index is -2.97. The molecule has 2 amide bonds. The lowest BCUT2D eigenvalue weighted by atomic mass is 10.1. The Morgan fingerprint density at radius 3 is 1.72 bits per heavy atom. The Labute approximate surface area is 255 Å². The molecule has 0 radical (unpaired) electrons. The number of hydrogen-bond acceptors (Lipinski definition) is 7. The van der Waals surface area contributed by atoms with Crippen LogP contribution in [0.5, 0.6) is 0 Å². The van der Waals surface area contributed by atoms with Gasteiger partial charge in [-0.3, -0.25) is 4.79 Å². The number of carbonyl (C=O) groups excluding carboxylic acids is 2. The third-order valence-corrected chi connectivity index (χ3v) is 12.7. The zero-order valence-corrected chi connectivity index (χ0v) is 26.8. The van der Waals surface area contributed by atoms with E-state index >= 15 is 0 Å². The molecule has 0 spiro atoms. The van der Waals surface area contributed by atoms with E-state index in [-0.39, 0.29) is 18.3 Å². The molecule has 3 aromatic carbocycles. The van der Waals surface area contributed by atoms with Crippen molar-refractivity contribution in [1.29, 1.82) is 0 Å². The fourth-order valence-electron chi connectivity index (χ4n) is 5.04. The lowest BCUT2D eigenvalue weighted by Crippen LogP contribution is -2.69. The highest BCUT2D eigenvalue weighted by atomic mass is 28.4. The maximum atomic E-state index is 13.4. The van der Waals surface area contributed by atoms with Gasteiger partial charge in [-0.1, -0.05) is 112 Å². The average molecular weight is 609 g/mol. The van der Waals surface area contributed by atoms with Crippen molar-refractivity contribution in [2.24, 2.45) is 0 Å². The van der Waals surface area contributed by atoms with Gasteiger partial charge in [0.15, 0.2) is 5.79 Å². The molecule has 3 N–H and O–H groups in total. The van der Waals surface area contributed by atoms with Gasteiger partial charge in [0.1, 0.15) is 18.7 Å². The molecular formula is C33H44N2O7Si. The van der Waals surface area contributed by atoms with Gasteiger partial charge in [0, 0.05) is 14.2 Å². The van der Waals surface area contributed by atoms with Gasteiger partial charge in [-0.05, 0) is 27.9 Å². The summed E-state index contributed by atoms with van der Waals surface area (Å²) in [6, 6.07) is 27.3. The van der Waals surface area contributed by atoms with Gasteiger partial charge in [0.25, 0.3) is 8.32 Å². The molecule has 0 aliphatic carbocycles. The topological polar surface area (TPSA) is 115 Å². The number of benzene rings is 3. The van der Waals surface area contributed by atoms with Gasteiger partial charge in [-0.2, -0.15) is 0 Å². The Bertz CT molecular complexity index is 1240. The normalized spacial score (nSPS) is 13.6. The minimum Gasteiger partial charge on any atom is -0.445 e. The van der Waals surface area contributed by atoms with E-state index in [0.717, 1.165) is 15.9 Å². The van der Waals surface area contributed by atoms with Crippen LogP contribution in [0.25, 0.3) is 0 Å².